The Bertz CT molecular complexity index is 2280. The van der Waals surface area contributed by atoms with Gasteiger partial charge in [0.15, 0.2) is 11.4 Å². The molecule has 3 amide bonds. The number of carbonyl (C=O) groups is 4. The molecule has 1 aliphatic carbocycles. The van der Waals surface area contributed by atoms with Crippen LogP contribution in [0.4, 0.5) is 0 Å². The van der Waals surface area contributed by atoms with Gasteiger partial charge in [-0.3, -0.25) is 14.4 Å². The minimum Gasteiger partial charge on any atom is -0.507 e. The number of β-amino-alcohol motifs (C(OH)–C–C–N with tert-alkyl or cyclic N) is 1. The molecule has 1 spiro atoms. The monoisotopic (exact) mass is 957 g/mol. The van der Waals surface area contributed by atoms with Crippen LogP contribution >= 0.6 is 11.3 Å². The standard InChI is InChI=1S/C52H71N5O10S/c1-31-25-32(2)43(33(3)26-31)44-47(60)52(67-50(44)63)17-13-39(14-18-52)66-40-15-19-56(20-16-40)21-22-64-23-24-65-29-42(59)55-46(51(6,7)8)49(62)57-28-38(58)27-41(57)48(61)54-34(4)36-9-11-37(12-10-36)45-35(5)53-30-68-45/h9-12,25-26,30,34,38-41,46,58,60H,13-24,27-29H2,1-8H3,(H,54,61)(H,55,59)/t34-,38+,39?,41-,46+,52?/m0/s1. The van der Waals surface area contributed by atoms with Gasteiger partial charge in [-0.1, -0.05) is 62.7 Å². The number of aryl methyl sites for hydroxylation is 4. The number of ether oxygens (including phenoxy) is 4. The van der Waals surface area contributed by atoms with Crippen LogP contribution in [-0.2, 0) is 38.1 Å². The van der Waals surface area contributed by atoms with Crippen LogP contribution in [0.2, 0.25) is 0 Å². The number of rotatable bonds is 17. The number of hydrogen-bond donors (Lipinski definition) is 4. The first-order valence-electron chi connectivity index (χ1n) is 24.2. The number of piperidine rings is 1. The molecule has 0 unspecified atom stereocenters. The maximum atomic E-state index is 14.1. The van der Waals surface area contributed by atoms with Gasteiger partial charge < -0.3 is 49.6 Å². The van der Waals surface area contributed by atoms with E-state index < -0.39 is 47.0 Å². The Morgan fingerprint density at radius 2 is 1.59 bits per heavy atom. The molecule has 2 saturated heterocycles. The second-order valence-corrected chi connectivity index (χ2v) is 21.2. The second-order valence-electron chi connectivity index (χ2n) is 20.3. The zero-order valence-electron chi connectivity index (χ0n) is 41.0. The van der Waals surface area contributed by atoms with Crippen molar-refractivity contribution in [1.29, 1.82) is 0 Å². The molecular weight excluding hydrogens is 887 g/mol. The van der Waals surface area contributed by atoms with E-state index in [4.69, 9.17) is 18.9 Å². The molecule has 1 aromatic heterocycles. The molecule has 4 N–H and O–H groups in total. The molecule has 15 nitrogen and oxygen atoms in total. The summed E-state index contributed by atoms with van der Waals surface area (Å²) in [5, 5.41) is 27.9. The van der Waals surface area contributed by atoms with Gasteiger partial charge in [0.1, 0.15) is 24.3 Å². The highest BCUT2D eigenvalue weighted by molar-refractivity contribution is 7.13. The fourth-order valence-electron chi connectivity index (χ4n) is 10.3. The Morgan fingerprint density at radius 3 is 2.22 bits per heavy atom. The predicted molar refractivity (Wildman–Crippen MR) is 260 cm³/mol. The fraction of sp³-hybridized carbons (Fsp3) is 0.596. The first kappa shape index (κ1) is 51.1. The van der Waals surface area contributed by atoms with Crippen LogP contribution < -0.4 is 10.6 Å². The van der Waals surface area contributed by atoms with Crippen molar-refractivity contribution in [3.8, 4) is 10.4 Å². The van der Waals surface area contributed by atoms with E-state index in [2.05, 4.69) is 20.5 Å². The summed E-state index contributed by atoms with van der Waals surface area (Å²) in [4.78, 5) is 63.1. The lowest BCUT2D eigenvalue weighted by molar-refractivity contribution is -0.154. The Morgan fingerprint density at radius 1 is 0.941 bits per heavy atom. The first-order valence-corrected chi connectivity index (χ1v) is 25.1. The summed E-state index contributed by atoms with van der Waals surface area (Å²) in [6.45, 7) is 18.6. The molecule has 4 atom stereocenters. The molecule has 4 aliphatic rings. The van der Waals surface area contributed by atoms with E-state index in [-0.39, 0.29) is 56.1 Å². The minimum atomic E-state index is -0.976. The van der Waals surface area contributed by atoms with Gasteiger partial charge in [-0.25, -0.2) is 9.78 Å². The summed E-state index contributed by atoms with van der Waals surface area (Å²) in [5.41, 5.74) is 7.15. The second kappa shape index (κ2) is 21.9. The number of nitrogens with one attached hydrogen (secondary N) is 2. The number of benzene rings is 2. The number of hydrogen-bond acceptors (Lipinski definition) is 13. The van der Waals surface area contributed by atoms with Crippen LogP contribution in [0.1, 0.15) is 112 Å². The van der Waals surface area contributed by atoms with E-state index in [0.717, 1.165) is 76.4 Å². The van der Waals surface area contributed by atoms with Crippen molar-refractivity contribution in [2.75, 3.05) is 52.6 Å². The molecule has 3 aromatic rings. The van der Waals surface area contributed by atoms with Crippen molar-refractivity contribution < 1.29 is 48.3 Å². The number of carbonyl (C=O) groups excluding carboxylic acids is 4. The Labute approximate surface area is 405 Å². The van der Waals surface area contributed by atoms with Gasteiger partial charge in [0.25, 0.3) is 0 Å². The number of aliphatic hydroxyl groups excluding tert-OH is 2. The molecule has 370 valence electrons. The van der Waals surface area contributed by atoms with Crippen LogP contribution in [0.25, 0.3) is 16.0 Å². The van der Waals surface area contributed by atoms with Crippen LogP contribution in [0.3, 0.4) is 0 Å². The lowest BCUT2D eigenvalue weighted by Gasteiger charge is -2.39. The van der Waals surface area contributed by atoms with Gasteiger partial charge in [-0.15, -0.1) is 11.3 Å². The SMILES string of the molecule is Cc1cc(C)c(C2=C(O)C3(CCC(OC4CCN(CCOCCOCC(=O)N[C@H](C(=O)N5C[C@H](O)C[C@H]5C(=O)N[C@@H](C)c5ccc(-c6scnc6C)cc5)C(C)(C)C)CC4)CC3)OC2=O)c(C)c1. The highest BCUT2D eigenvalue weighted by atomic mass is 32.1. The molecule has 16 heteroatoms. The van der Waals surface area contributed by atoms with E-state index >= 15 is 0 Å². The molecule has 3 fully saturated rings. The summed E-state index contributed by atoms with van der Waals surface area (Å²) < 4.78 is 23.9. The van der Waals surface area contributed by atoms with E-state index in [9.17, 15) is 29.4 Å². The quantitative estimate of drug-likeness (QED) is 0.0859. The van der Waals surface area contributed by atoms with E-state index in [1.165, 1.54) is 4.90 Å². The average Bonchev–Trinajstić information content (AvgIpc) is 3.97. The van der Waals surface area contributed by atoms with Gasteiger partial charge in [-0.2, -0.15) is 0 Å². The van der Waals surface area contributed by atoms with Crippen molar-refractivity contribution >= 4 is 40.6 Å². The van der Waals surface area contributed by atoms with Crippen LogP contribution in [0.15, 0.2) is 47.7 Å². The van der Waals surface area contributed by atoms with Crippen molar-refractivity contribution in [2.24, 2.45) is 5.41 Å². The van der Waals surface area contributed by atoms with Crippen molar-refractivity contribution in [3.05, 3.63) is 81.2 Å². The average molecular weight is 958 g/mol. The van der Waals surface area contributed by atoms with Crippen molar-refractivity contribution in [3.63, 3.8) is 0 Å². The number of esters is 1. The van der Waals surface area contributed by atoms with E-state index in [1.54, 1.807) is 11.3 Å². The van der Waals surface area contributed by atoms with E-state index in [1.807, 2.05) is 97.3 Å². The zero-order chi connectivity index (χ0) is 48.9. The summed E-state index contributed by atoms with van der Waals surface area (Å²) in [7, 11) is 0. The van der Waals surface area contributed by atoms with Crippen LogP contribution in [-0.4, -0.2) is 137 Å². The summed E-state index contributed by atoms with van der Waals surface area (Å²) in [6, 6.07) is 9.80. The van der Waals surface area contributed by atoms with Gasteiger partial charge in [0, 0.05) is 32.6 Å². The highest BCUT2D eigenvalue weighted by Crippen LogP contribution is 2.47. The Hall–Kier alpha value is -4.71. The van der Waals surface area contributed by atoms with Gasteiger partial charge in [0.05, 0.1) is 60.3 Å². The topological polar surface area (TPSA) is 189 Å². The maximum Gasteiger partial charge on any atom is 0.343 e. The zero-order valence-corrected chi connectivity index (χ0v) is 41.8. The lowest BCUT2D eigenvalue weighted by atomic mass is 9.80. The van der Waals surface area contributed by atoms with E-state index in [0.29, 0.717) is 44.5 Å². The summed E-state index contributed by atoms with van der Waals surface area (Å²) in [5.74, 6) is -1.65. The normalized spacial score (nSPS) is 23.5. The number of amides is 3. The van der Waals surface area contributed by atoms with Gasteiger partial charge >= 0.3 is 5.97 Å². The first-order chi connectivity index (χ1) is 32.3. The van der Waals surface area contributed by atoms with Gasteiger partial charge in [0.2, 0.25) is 17.7 Å². The number of aromatic nitrogens is 1. The molecule has 0 bridgehead atoms. The Kier molecular flexibility index (Phi) is 16.5. The predicted octanol–water partition coefficient (Wildman–Crippen LogP) is 6.44. The molecule has 0 radical (unpaired) electrons. The molecular formula is C52H71N5O10S. The third kappa shape index (κ3) is 12.0. The highest BCUT2D eigenvalue weighted by Gasteiger charge is 2.51. The molecule has 1 saturated carbocycles. The number of likely N-dealkylation sites (tertiary alicyclic amines) is 2. The van der Waals surface area contributed by atoms with Crippen LogP contribution in [0, 0.1) is 33.1 Å². The fourth-order valence-corrected chi connectivity index (χ4v) is 11.1. The molecule has 7 rings (SSSR count). The number of aliphatic hydroxyl groups is 2. The molecule has 3 aliphatic heterocycles. The molecule has 68 heavy (non-hydrogen) atoms. The smallest absolute Gasteiger partial charge is 0.343 e. The summed E-state index contributed by atoms with van der Waals surface area (Å²) >= 11 is 1.58. The van der Waals surface area contributed by atoms with Crippen molar-refractivity contribution in [1.82, 2.24) is 25.4 Å². The molecule has 2 aromatic carbocycles. The number of nitrogens with zero attached hydrogens (tertiary/aromatic N) is 3. The van der Waals surface area contributed by atoms with Gasteiger partial charge in [-0.05, 0) is 106 Å². The minimum absolute atomic E-state index is 0.0144. The third-order valence-electron chi connectivity index (χ3n) is 14.0. The third-order valence-corrected chi connectivity index (χ3v) is 14.9. The van der Waals surface area contributed by atoms with Crippen LogP contribution in [0.5, 0.6) is 0 Å². The lowest BCUT2D eigenvalue weighted by Crippen LogP contribution is -2.58. The maximum absolute atomic E-state index is 14.1. The molecule has 4 heterocycles. The Balaban J connectivity index is 0.777. The number of thiazole rings is 1. The van der Waals surface area contributed by atoms with Crippen molar-refractivity contribution in [2.45, 2.75) is 142 Å². The largest absolute Gasteiger partial charge is 0.507 e. The summed E-state index contributed by atoms with van der Waals surface area (Å²) in [6.07, 6.45) is 3.71.